The highest BCUT2D eigenvalue weighted by Gasteiger charge is 2.25. The first-order chi connectivity index (χ1) is 10.9. The molecule has 0 aliphatic carbocycles. The summed E-state index contributed by atoms with van der Waals surface area (Å²) in [6.07, 6.45) is 2.28. The van der Waals surface area contributed by atoms with E-state index < -0.39 is 10.0 Å². The number of hydrogen-bond acceptors (Lipinski definition) is 5. The lowest BCUT2D eigenvalue weighted by Gasteiger charge is -2.19. The summed E-state index contributed by atoms with van der Waals surface area (Å²) in [4.78, 5) is 2.27. The van der Waals surface area contributed by atoms with Gasteiger partial charge >= 0.3 is 0 Å². The first kappa shape index (κ1) is 16.1. The van der Waals surface area contributed by atoms with Gasteiger partial charge in [-0.3, -0.25) is 4.72 Å². The Labute approximate surface area is 140 Å². The van der Waals surface area contributed by atoms with Crippen LogP contribution in [0, 0.1) is 13.8 Å². The molecule has 0 bridgehead atoms. The Morgan fingerprint density at radius 3 is 2.57 bits per heavy atom. The molecule has 3 rings (SSSR count). The number of sulfonamides is 1. The lowest BCUT2D eigenvalue weighted by atomic mass is 10.2. The van der Waals surface area contributed by atoms with Crippen LogP contribution in [0.1, 0.15) is 24.3 Å². The lowest BCUT2D eigenvalue weighted by molar-refractivity contribution is 0.390. The van der Waals surface area contributed by atoms with E-state index in [1.54, 1.807) is 26.0 Å². The molecule has 0 saturated carbocycles. The molecule has 0 spiro atoms. The summed E-state index contributed by atoms with van der Waals surface area (Å²) in [7, 11) is -3.80. The summed E-state index contributed by atoms with van der Waals surface area (Å²) >= 11 is 6.17. The van der Waals surface area contributed by atoms with Crippen molar-refractivity contribution in [1.82, 2.24) is 5.16 Å². The summed E-state index contributed by atoms with van der Waals surface area (Å²) in [6.45, 7) is 5.10. The van der Waals surface area contributed by atoms with Gasteiger partial charge in [-0.2, -0.15) is 0 Å². The molecule has 1 aliphatic rings. The van der Waals surface area contributed by atoms with Crippen molar-refractivity contribution in [2.24, 2.45) is 0 Å². The van der Waals surface area contributed by atoms with Crippen LogP contribution in [-0.4, -0.2) is 26.7 Å². The number of benzene rings is 1. The molecule has 1 aromatic heterocycles. The SMILES string of the molecule is Cc1noc(C)c1S(=O)(=O)Nc1cc(N2CCCC2)ccc1Cl. The van der Waals surface area contributed by atoms with Gasteiger partial charge in [0.1, 0.15) is 5.69 Å². The second-order valence-electron chi connectivity index (χ2n) is 5.62. The average molecular weight is 356 g/mol. The first-order valence-electron chi connectivity index (χ1n) is 7.38. The average Bonchev–Trinajstić information content (AvgIpc) is 3.11. The molecule has 1 aromatic carbocycles. The highest BCUT2D eigenvalue weighted by Crippen LogP contribution is 2.32. The number of aromatic nitrogens is 1. The molecule has 0 unspecified atom stereocenters. The zero-order valence-electron chi connectivity index (χ0n) is 13.0. The van der Waals surface area contributed by atoms with Gasteiger partial charge in [0.25, 0.3) is 10.0 Å². The van der Waals surface area contributed by atoms with Gasteiger partial charge < -0.3 is 9.42 Å². The first-order valence-corrected chi connectivity index (χ1v) is 9.25. The number of halogens is 1. The molecule has 0 atom stereocenters. The highest BCUT2D eigenvalue weighted by atomic mass is 35.5. The second kappa shape index (κ2) is 6.05. The van der Waals surface area contributed by atoms with Gasteiger partial charge in [-0.05, 0) is 44.9 Å². The van der Waals surface area contributed by atoms with Crippen molar-refractivity contribution >= 4 is 33.0 Å². The Hall–Kier alpha value is -1.73. The van der Waals surface area contributed by atoms with Crippen LogP contribution in [0.25, 0.3) is 0 Å². The zero-order chi connectivity index (χ0) is 16.6. The maximum atomic E-state index is 12.6. The summed E-state index contributed by atoms with van der Waals surface area (Å²) in [5.41, 5.74) is 1.64. The van der Waals surface area contributed by atoms with E-state index in [9.17, 15) is 8.42 Å². The molecule has 8 heteroatoms. The second-order valence-corrected chi connectivity index (χ2v) is 7.64. The van der Waals surface area contributed by atoms with Crippen molar-refractivity contribution in [2.75, 3.05) is 22.7 Å². The van der Waals surface area contributed by atoms with E-state index in [2.05, 4.69) is 14.8 Å². The van der Waals surface area contributed by atoms with Crippen molar-refractivity contribution in [1.29, 1.82) is 0 Å². The Morgan fingerprint density at radius 2 is 1.96 bits per heavy atom. The third-order valence-corrected chi connectivity index (χ3v) is 5.84. The number of rotatable bonds is 4. The molecule has 124 valence electrons. The molecule has 0 amide bonds. The van der Waals surface area contributed by atoms with E-state index in [0.29, 0.717) is 16.4 Å². The van der Waals surface area contributed by atoms with Crippen LogP contribution in [0.5, 0.6) is 0 Å². The van der Waals surface area contributed by atoms with E-state index in [1.807, 2.05) is 6.07 Å². The Bertz CT molecular complexity index is 807. The molecule has 0 radical (unpaired) electrons. The van der Waals surface area contributed by atoms with Crippen LogP contribution < -0.4 is 9.62 Å². The molecule has 2 heterocycles. The fraction of sp³-hybridized carbons (Fsp3) is 0.400. The van der Waals surface area contributed by atoms with Crippen LogP contribution >= 0.6 is 11.6 Å². The fourth-order valence-electron chi connectivity index (χ4n) is 2.82. The standard InChI is InChI=1S/C15H18ClN3O3S/c1-10-15(11(2)22-17-10)23(20,21)18-14-9-12(5-6-13(14)16)19-7-3-4-8-19/h5-6,9,18H,3-4,7-8H2,1-2H3. The molecule has 23 heavy (non-hydrogen) atoms. The Kier molecular flexibility index (Phi) is 4.25. The third kappa shape index (κ3) is 3.16. The van der Waals surface area contributed by atoms with Gasteiger partial charge in [-0.25, -0.2) is 8.42 Å². The molecule has 2 aromatic rings. The minimum atomic E-state index is -3.80. The van der Waals surface area contributed by atoms with Gasteiger partial charge in [0.15, 0.2) is 10.7 Å². The Morgan fingerprint density at radius 1 is 1.26 bits per heavy atom. The number of anilines is 2. The van der Waals surface area contributed by atoms with Gasteiger partial charge in [0.05, 0.1) is 10.7 Å². The summed E-state index contributed by atoms with van der Waals surface area (Å²) in [5, 5.41) is 4.04. The van der Waals surface area contributed by atoms with Crippen molar-refractivity contribution < 1.29 is 12.9 Å². The monoisotopic (exact) mass is 355 g/mol. The fourth-order valence-corrected chi connectivity index (χ4v) is 4.44. The van der Waals surface area contributed by atoms with Gasteiger partial charge in [0, 0.05) is 18.8 Å². The van der Waals surface area contributed by atoms with E-state index in [0.717, 1.165) is 31.6 Å². The molecular weight excluding hydrogens is 338 g/mol. The van der Waals surface area contributed by atoms with Crippen molar-refractivity contribution in [3.63, 3.8) is 0 Å². The quantitative estimate of drug-likeness (QED) is 0.910. The molecule has 1 aliphatic heterocycles. The van der Waals surface area contributed by atoms with Gasteiger partial charge in [-0.15, -0.1) is 0 Å². The smallest absolute Gasteiger partial charge is 0.267 e. The topological polar surface area (TPSA) is 75.4 Å². The van der Waals surface area contributed by atoms with E-state index in [4.69, 9.17) is 16.1 Å². The van der Waals surface area contributed by atoms with Crippen LogP contribution in [0.4, 0.5) is 11.4 Å². The van der Waals surface area contributed by atoms with Crippen molar-refractivity contribution in [2.45, 2.75) is 31.6 Å². The van der Waals surface area contributed by atoms with Crippen LogP contribution in [0.15, 0.2) is 27.6 Å². The number of nitrogens with zero attached hydrogens (tertiary/aromatic N) is 2. The summed E-state index contributed by atoms with van der Waals surface area (Å²) in [6, 6.07) is 5.38. The van der Waals surface area contributed by atoms with Gasteiger partial charge in [0.2, 0.25) is 0 Å². The van der Waals surface area contributed by atoms with Gasteiger partial charge in [-0.1, -0.05) is 16.8 Å². The van der Waals surface area contributed by atoms with Crippen molar-refractivity contribution in [3.05, 3.63) is 34.7 Å². The van der Waals surface area contributed by atoms with Crippen LogP contribution in [0.3, 0.4) is 0 Å². The van der Waals surface area contributed by atoms with Crippen LogP contribution in [0.2, 0.25) is 5.02 Å². The maximum absolute atomic E-state index is 12.6. The number of nitrogens with one attached hydrogen (secondary N) is 1. The van der Waals surface area contributed by atoms with Crippen LogP contribution in [-0.2, 0) is 10.0 Å². The third-order valence-electron chi connectivity index (χ3n) is 3.90. The predicted octanol–water partition coefficient (Wildman–Crippen LogP) is 3.35. The lowest BCUT2D eigenvalue weighted by Crippen LogP contribution is -2.19. The summed E-state index contributed by atoms with van der Waals surface area (Å²) < 4.78 is 32.7. The molecule has 1 saturated heterocycles. The Balaban J connectivity index is 1.94. The minimum absolute atomic E-state index is 0.0557. The number of hydrogen-bond donors (Lipinski definition) is 1. The van der Waals surface area contributed by atoms with Crippen molar-refractivity contribution in [3.8, 4) is 0 Å². The number of aryl methyl sites for hydroxylation is 2. The molecular formula is C15H18ClN3O3S. The largest absolute Gasteiger partial charge is 0.371 e. The normalized spacial score (nSPS) is 15.2. The molecule has 1 N–H and O–H groups in total. The predicted molar refractivity (Wildman–Crippen MR) is 89.7 cm³/mol. The molecule has 6 nitrogen and oxygen atoms in total. The van der Waals surface area contributed by atoms with E-state index >= 15 is 0 Å². The van der Waals surface area contributed by atoms with E-state index in [-0.39, 0.29) is 10.7 Å². The highest BCUT2D eigenvalue weighted by molar-refractivity contribution is 7.92. The summed E-state index contributed by atoms with van der Waals surface area (Å²) in [5.74, 6) is 0.252. The zero-order valence-corrected chi connectivity index (χ0v) is 14.5. The van der Waals surface area contributed by atoms with E-state index in [1.165, 1.54) is 0 Å². The maximum Gasteiger partial charge on any atom is 0.267 e. The minimum Gasteiger partial charge on any atom is -0.371 e. The molecule has 1 fully saturated rings.